The Kier molecular flexibility index (Phi) is 8.62. The van der Waals surface area contributed by atoms with Crippen LogP contribution in [0.2, 0.25) is 0 Å². The van der Waals surface area contributed by atoms with E-state index in [0.717, 1.165) is 0 Å². The lowest BCUT2D eigenvalue weighted by atomic mass is 9.93. The predicted molar refractivity (Wildman–Crippen MR) is 95.9 cm³/mol. The summed E-state index contributed by atoms with van der Waals surface area (Å²) in [5.41, 5.74) is -0.293. The van der Waals surface area contributed by atoms with E-state index in [4.69, 9.17) is 9.47 Å². The first-order valence-corrected chi connectivity index (χ1v) is 8.60. The van der Waals surface area contributed by atoms with E-state index in [9.17, 15) is 29.0 Å². The molecule has 1 amide bonds. The topological polar surface area (TPSA) is 135 Å². The molecule has 0 fully saturated rings. The number of ether oxygens (including phenoxy) is 2. The zero-order valence-corrected chi connectivity index (χ0v) is 16.0. The molecule has 0 bridgehead atoms. The average molecular weight is 400 g/mol. The molecule has 156 valence electrons. The van der Waals surface area contributed by atoms with Gasteiger partial charge in [-0.3, -0.25) is 4.79 Å². The van der Waals surface area contributed by atoms with Gasteiger partial charge in [0, 0.05) is 12.3 Å². The Labute approximate surface area is 161 Å². The van der Waals surface area contributed by atoms with Crippen LogP contribution in [0, 0.1) is 5.92 Å². The molecule has 0 aliphatic rings. The SMILES string of the molecule is CC(C)(C)OC(=O)N[C@@H](C[C@H](Cc1ccc(OCCF)nc1)C(=O)O)C(=O)O. The summed E-state index contributed by atoms with van der Waals surface area (Å²) in [6.07, 6.45) is 0.0795. The van der Waals surface area contributed by atoms with Crippen molar-refractivity contribution in [1.29, 1.82) is 0 Å². The zero-order valence-electron chi connectivity index (χ0n) is 16.0. The molecule has 0 spiro atoms. The summed E-state index contributed by atoms with van der Waals surface area (Å²) in [5, 5.41) is 20.9. The number of amides is 1. The molecule has 3 N–H and O–H groups in total. The van der Waals surface area contributed by atoms with E-state index in [1.165, 1.54) is 12.3 Å². The van der Waals surface area contributed by atoms with Gasteiger partial charge in [0.05, 0.1) is 5.92 Å². The van der Waals surface area contributed by atoms with E-state index in [1.54, 1.807) is 26.8 Å². The normalized spacial score (nSPS) is 13.3. The number of alkyl carbamates (subject to hydrolysis) is 1. The third kappa shape index (κ3) is 8.65. The number of halogens is 1. The van der Waals surface area contributed by atoms with Gasteiger partial charge in [0.1, 0.15) is 24.9 Å². The van der Waals surface area contributed by atoms with Crippen molar-refractivity contribution in [2.24, 2.45) is 5.92 Å². The third-order valence-corrected chi connectivity index (χ3v) is 3.47. The highest BCUT2D eigenvalue weighted by molar-refractivity contribution is 5.81. The lowest BCUT2D eigenvalue weighted by molar-refractivity contribution is -0.144. The number of rotatable bonds is 10. The van der Waals surface area contributed by atoms with E-state index >= 15 is 0 Å². The zero-order chi connectivity index (χ0) is 21.3. The van der Waals surface area contributed by atoms with Crippen LogP contribution in [-0.2, 0) is 20.7 Å². The Morgan fingerprint density at radius 2 is 1.89 bits per heavy atom. The second-order valence-electron chi connectivity index (χ2n) is 7.05. The van der Waals surface area contributed by atoms with Gasteiger partial charge in [0.15, 0.2) is 0 Å². The number of carbonyl (C=O) groups is 3. The van der Waals surface area contributed by atoms with E-state index in [2.05, 4.69) is 10.3 Å². The molecular formula is C18H25FN2O7. The number of nitrogens with zero attached hydrogens (tertiary/aromatic N) is 1. The molecule has 0 unspecified atom stereocenters. The molecule has 10 heteroatoms. The van der Waals surface area contributed by atoms with Crippen molar-refractivity contribution in [1.82, 2.24) is 10.3 Å². The number of aromatic nitrogens is 1. The number of hydrogen-bond donors (Lipinski definition) is 3. The largest absolute Gasteiger partial charge is 0.481 e. The molecule has 9 nitrogen and oxygen atoms in total. The van der Waals surface area contributed by atoms with E-state index in [1.807, 2.05) is 0 Å². The fraction of sp³-hybridized carbons (Fsp3) is 0.556. The van der Waals surface area contributed by atoms with E-state index in [0.29, 0.717) is 5.56 Å². The summed E-state index contributed by atoms with van der Waals surface area (Å²) in [5.74, 6) is -3.47. The number of carboxylic acids is 2. The van der Waals surface area contributed by atoms with Crippen LogP contribution in [0.15, 0.2) is 18.3 Å². The summed E-state index contributed by atoms with van der Waals surface area (Å²) in [6.45, 7) is 4.07. The van der Waals surface area contributed by atoms with Crippen LogP contribution in [0.3, 0.4) is 0 Å². The van der Waals surface area contributed by atoms with Gasteiger partial charge < -0.3 is 25.0 Å². The van der Waals surface area contributed by atoms with Gasteiger partial charge in [-0.1, -0.05) is 6.07 Å². The Bertz CT molecular complexity index is 674. The van der Waals surface area contributed by atoms with Crippen LogP contribution < -0.4 is 10.1 Å². The standard InChI is InChI=1S/C18H25FN2O7/c1-18(2,3)28-17(26)21-13(16(24)25)9-12(15(22)23)8-11-4-5-14(20-10-11)27-7-6-19/h4-5,10,12-13H,6-9H2,1-3H3,(H,21,26)(H,22,23)(H,24,25)/t12-,13-/m0/s1. The molecule has 0 aromatic carbocycles. The number of aliphatic carboxylic acids is 2. The molecule has 1 rings (SSSR count). The molecule has 0 aliphatic carbocycles. The van der Waals surface area contributed by atoms with Crippen LogP contribution in [0.25, 0.3) is 0 Å². The number of pyridine rings is 1. The fourth-order valence-electron chi connectivity index (χ4n) is 2.27. The number of alkyl halides is 1. The van der Waals surface area contributed by atoms with Crippen LogP contribution in [0.1, 0.15) is 32.8 Å². The van der Waals surface area contributed by atoms with E-state index in [-0.39, 0.29) is 25.3 Å². The van der Waals surface area contributed by atoms with Crippen LogP contribution in [0.4, 0.5) is 9.18 Å². The van der Waals surface area contributed by atoms with Crippen molar-refractivity contribution >= 4 is 18.0 Å². The van der Waals surface area contributed by atoms with Gasteiger partial charge in [-0.2, -0.15) is 0 Å². The Balaban J connectivity index is 2.78. The predicted octanol–water partition coefficient (Wildman–Crippen LogP) is 2.04. The van der Waals surface area contributed by atoms with Crippen molar-refractivity contribution in [3.8, 4) is 5.88 Å². The molecule has 1 aromatic rings. The maximum atomic E-state index is 12.1. The van der Waals surface area contributed by atoms with Crippen molar-refractivity contribution in [3.05, 3.63) is 23.9 Å². The lowest BCUT2D eigenvalue weighted by Crippen LogP contribution is -2.45. The Morgan fingerprint density at radius 1 is 1.21 bits per heavy atom. The molecule has 0 saturated carbocycles. The third-order valence-electron chi connectivity index (χ3n) is 3.47. The summed E-state index contributed by atoms with van der Waals surface area (Å²) in [4.78, 5) is 38.8. The molecular weight excluding hydrogens is 375 g/mol. The van der Waals surface area contributed by atoms with Crippen molar-refractivity contribution in [2.45, 2.75) is 45.3 Å². The first-order valence-electron chi connectivity index (χ1n) is 8.60. The Morgan fingerprint density at radius 3 is 2.36 bits per heavy atom. The summed E-state index contributed by atoms with van der Waals surface area (Å²) in [6, 6.07) is 1.60. The Hall–Kier alpha value is -2.91. The quantitative estimate of drug-likeness (QED) is 0.543. The fourth-order valence-corrected chi connectivity index (χ4v) is 2.27. The van der Waals surface area contributed by atoms with Gasteiger partial charge >= 0.3 is 18.0 Å². The lowest BCUT2D eigenvalue weighted by Gasteiger charge is -2.23. The maximum absolute atomic E-state index is 12.1. The highest BCUT2D eigenvalue weighted by Gasteiger charge is 2.30. The number of carboxylic acid groups (broad SMARTS) is 2. The minimum absolute atomic E-state index is 0.00843. The average Bonchev–Trinajstić information content (AvgIpc) is 2.57. The first kappa shape index (κ1) is 23.1. The summed E-state index contributed by atoms with van der Waals surface area (Å²) in [7, 11) is 0. The minimum Gasteiger partial charge on any atom is -0.481 e. The second-order valence-corrected chi connectivity index (χ2v) is 7.05. The monoisotopic (exact) mass is 400 g/mol. The van der Waals surface area contributed by atoms with Crippen LogP contribution >= 0.6 is 0 Å². The second kappa shape index (κ2) is 10.4. The first-order chi connectivity index (χ1) is 13.0. The molecule has 1 heterocycles. The number of nitrogens with one attached hydrogen (secondary N) is 1. The van der Waals surface area contributed by atoms with Gasteiger partial charge in [0.2, 0.25) is 5.88 Å². The highest BCUT2D eigenvalue weighted by atomic mass is 19.1. The minimum atomic E-state index is -1.43. The molecule has 2 atom stereocenters. The van der Waals surface area contributed by atoms with Crippen molar-refractivity contribution in [3.63, 3.8) is 0 Å². The van der Waals surface area contributed by atoms with Crippen molar-refractivity contribution < 1.29 is 38.5 Å². The maximum Gasteiger partial charge on any atom is 0.408 e. The van der Waals surface area contributed by atoms with Gasteiger partial charge in [-0.25, -0.2) is 19.0 Å². The van der Waals surface area contributed by atoms with Crippen molar-refractivity contribution in [2.75, 3.05) is 13.3 Å². The highest BCUT2D eigenvalue weighted by Crippen LogP contribution is 2.17. The summed E-state index contributed by atoms with van der Waals surface area (Å²) < 4.78 is 22.1. The van der Waals surface area contributed by atoms with Gasteiger partial charge in [-0.15, -0.1) is 0 Å². The summed E-state index contributed by atoms with van der Waals surface area (Å²) >= 11 is 0. The molecule has 1 aromatic heterocycles. The van der Waals surface area contributed by atoms with Gasteiger partial charge in [-0.05, 0) is 39.2 Å². The van der Waals surface area contributed by atoms with Gasteiger partial charge in [0.25, 0.3) is 0 Å². The molecule has 0 saturated heterocycles. The number of hydrogen-bond acceptors (Lipinski definition) is 6. The van der Waals surface area contributed by atoms with Crippen LogP contribution in [0.5, 0.6) is 5.88 Å². The van der Waals surface area contributed by atoms with Crippen LogP contribution in [-0.4, -0.2) is 58.2 Å². The molecule has 0 radical (unpaired) electrons. The molecule has 28 heavy (non-hydrogen) atoms. The smallest absolute Gasteiger partial charge is 0.408 e. The van der Waals surface area contributed by atoms with E-state index < -0.39 is 42.3 Å². The molecule has 0 aliphatic heterocycles. The number of carbonyl (C=O) groups excluding carboxylic acids is 1.